The van der Waals surface area contributed by atoms with Gasteiger partial charge in [-0.25, -0.2) is 4.79 Å². The van der Waals surface area contributed by atoms with Gasteiger partial charge in [0.25, 0.3) is 0 Å². The average Bonchev–Trinajstić information content (AvgIpc) is 2.46. The van der Waals surface area contributed by atoms with Crippen LogP contribution in [-0.2, 0) is 4.79 Å². The molecule has 2 amide bonds. The van der Waals surface area contributed by atoms with Gasteiger partial charge in [0.1, 0.15) is 0 Å². The number of carboxylic acid groups (broad SMARTS) is 1. The largest absolute Gasteiger partial charge is 0.481 e. The van der Waals surface area contributed by atoms with Crippen molar-refractivity contribution in [2.24, 2.45) is 5.92 Å². The van der Waals surface area contributed by atoms with E-state index in [4.69, 9.17) is 5.11 Å². The van der Waals surface area contributed by atoms with E-state index in [0.717, 1.165) is 45.4 Å². The van der Waals surface area contributed by atoms with Crippen molar-refractivity contribution in [1.29, 1.82) is 0 Å². The average molecular weight is 297 g/mol. The molecular formula is C15H27N3O3. The fourth-order valence-corrected chi connectivity index (χ4v) is 3.41. The Morgan fingerprint density at radius 2 is 1.86 bits per heavy atom. The molecule has 2 aliphatic rings. The van der Waals surface area contributed by atoms with E-state index in [2.05, 4.69) is 18.9 Å². The number of carbonyl (C=O) groups is 2. The molecule has 0 spiro atoms. The first-order valence-corrected chi connectivity index (χ1v) is 7.97. The number of hydrogen-bond donors (Lipinski definition) is 1. The van der Waals surface area contributed by atoms with Gasteiger partial charge in [-0.15, -0.1) is 0 Å². The molecule has 0 aliphatic carbocycles. The molecule has 0 bridgehead atoms. The van der Waals surface area contributed by atoms with Gasteiger partial charge in [0, 0.05) is 45.2 Å². The van der Waals surface area contributed by atoms with Crippen LogP contribution in [0.15, 0.2) is 0 Å². The minimum Gasteiger partial charge on any atom is -0.481 e. The summed E-state index contributed by atoms with van der Waals surface area (Å²) in [6, 6.07) is 0.527. The summed E-state index contributed by atoms with van der Waals surface area (Å²) in [7, 11) is 2.11. The van der Waals surface area contributed by atoms with E-state index in [-0.39, 0.29) is 18.4 Å². The number of likely N-dealkylation sites (tertiary alicyclic amines) is 1. The van der Waals surface area contributed by atoms with Crippen LogP contribution in [0.2, 0.25) is 0 Å². The van der Waals surface area contributed by atoms with E-state index >= 15 is 0 Å². The molecule has 1 N–H and O–H groups in total. The van der Waals surface area contributed by atoms with Crippen molar-refractivity contribution in [2.75, 3.05) is 39.8 Å². The number of likely N-dealkylation sites (N-methyl/N-ethyl adjacent to an activating group) is 1. The number of carboxylic acids is 1. The molecule has 2 aliphatic heterocycles. The van der Waals surface area contributed by atoms with Crippen LogP contribution in [-0.4, -0.2) is 77.6 Å². The number of rotatable bonds is 3. The highest BCUT2D eigenvalue weighted by atomic mass is 16.4. The zero-order valence-electron chi connectivity index (χ0n) is 13.1. The van der Waals surface area contributed by atoms with Crippen molar-refractivity contribution in [1.82, 2.24) is 14.7 Å². The van der Waals surface area contributed by atoms with Gasteiger partial charge in [-0.05, 0) is 32.2 Å². The standard InChI is InChI=1S/C15H27N3O3/c1-3-13-11-18(8-7-16(13)2)15(21)17-6-4-5-12(10-17)9-14(19)20/h12-13H,3-11H2,1-2H3,(H,19,20). The van der Waals surface area contributed by atoms with Gasteiger partial charge in [-0.2, -0.15) is 0 Å². The fourth-order valence-electron chi connectivity index (χ4n) is 3.41. The van der Waals surface area contributed by atoms with Crippen LogP contribution < -0.4 is 0 Å². The molecule has 2 unspecified atom stereocenters. The van der Waals surface area contributed by atoms with E-state index in [1.54, 1.807) is 0 Å². The van der Waals surface area contributed by atoms with Crippen molar-refractivity contribution in [2.45, 2.75) is 38.6 Å². The van der Waals surface area contributed by atoms with Crippen molar-refractivity contribution in [3.63, 3.8) is 0 Å². The Morgan fingerprint density at radius 1 is 1.14 bits per heavy atom. The van der Waals surface area contributed by atoms with Crippen LogP contribution in [0.25, 0.3) is 0 Å². The summed E-state index contributed by atoms with van der Waals surface area (Å²) >= 11 is 0. The molecule has 21 heavy (non-hydrogen) atoms. The maximum atomic E-state index is 12.6. The predicted molar refractivity (Wildman–Crippen MR) is 80.2 cm³/mol. The molecule has 2 fully saturated rings. The lowest BCUT2D eigenvalue weighted by Crippen LogP contribution is -2.57. The highest BCUT2D eigenvalue weighted by Crippen LogP contribution is 2.21. The summed E-state index contributed by atoms with van der Waals surface area (Å²) in [6.07, 6.45) is 3.04. The first kappa shape index (κ1) is 16.1. The Bertz CT molecular complexity index is 388. The minimum absolute atomic E-state index is 0.0941. The molecule has 6 heteroatoms. The van der Waals surface area contributed by atoms with E-state index in [1.165, 1.54) is 0 Å². The van der Waals surface area contributed by atoms with Gasteiger partial charge in [-0.3, -0.25) is 9.69 Å². The minimum atomic E-state index is -0.764. The molecule has 0 saturated carbocycles. The molecule has 0 aromatic heterocycles. The van der Waals surface area contributed by atoms with Crippen LogP contribution in [0.3, 0.4) is 0 Å². The lowest BCUT2D eigenvalue weighted by atomic mass is 9.95. The molecule has 120 valence electrons. The molecule has 2 heterocycles. The summed E-state index contributed by atoms with van der Waals surface area (Å²) < 4.78 is 0. The monoisotopic (exact) mass is 297 g/mol. The molecule has 2 rings (SSSR count). The van der Waals surface area contributed by atoms with Crippen LogP contribution in [0, 0.1) is 5.92 Å². The number of amides is 2. The Morgan fingerprint density at radius 3 is 2.52 bits per heavy atom. The van der Waals surface area contributed by atoms with Gasteiger partial charge in [0.15, 0.2) is 0 Å². The number of hydrogen-bond acceptors (Lipinski definition) is 3. The predicted octanol–water partition coefficient (Wildman–Crippen LogP) is 1.32. The van der Waals surface area contributed by atoms with Gasteiger partial charge in [-0.1, -0.05) is 6.92 Å². The lowest BCUT2D eigenvalue weighted by molar-refractivity contribution is -0.138. The third-order valence-electron chi connectivity index (χ3n) is 4.77. The van der Waals surface area contributed by atoms with Gasteiger partial charge < -0.3 is 14.9 Å². The Hall–Kier alpha value is -1.30. The highest BCUT2D eigenvalue weighted by Gasteiger charge is 2.31. The van der Waals surface area contributed by atoms with Crippen LogP contribution >= 0.6 is 0 Å². The topological polar surface area (TPSA) is 64.1 Å². The van der Waals surface area contributed by atoms with Gasteiger partial charge in [0.05, 0.1) is 0 Å². The molecule has 6 nitrogen and oxygen atoms in total. The molecule has 0 aromatic rings. The SMILES string of the molecule is CCC1CN(C(=O)N2CCCC(CC(=O)O)C2)CCN1C. The first-order valence-electron chi connectivity index (χ1n) is 7.97. The van der Waals surface area contributed by atoms with Crippen LogP contribution in [0.4, 0.5) is 4.79 Å². The number of aliphatic carboxylic acids is 1. The Labute approximate surface area is 126 Å². The molecule has 0 aromatic carbocycles. The van der Waals surface area contributed by atoms with E-state index in [0.29, 0.717) is 12.6 Å². The number of piperidine rings is 1. The van der Waals surface area contributed by atoms with Crippen molar-refractivity contribution < 1.29 is 14.7 Å². The third-order valence-corrected chi connectivity index (χ3v) is 4.77. The van der Waals surface area contributed by atoms with Gasteiger partial charge in [0.2, 0.25) is 0 Å². The van der Waals surface area contributed by atoms with E-state index in [9.17, 15) is 9.59 Å². The van der Waals surface area contributed by atoms with Gasteiger partial charge >= 0.3 is 12.0 Å². The van der Waals surface area contributed by atoms with Crippen LogP contribution in [0.5, 0.6) is 0 Å². The highest BCUT2D eigenvalue weighted by molar-refractivity contribution is 5.75. The summed E-state index contributed by atoms with van der Waals surface area (Å²) in [5.74, 6) is -0.658. The fraction of sp³-hybridized carbons (Fsp3) is 0.867. The summed E-state index contributed by atoms with van der Waals surface area (Å²) in [6.45, 7) is 5.97. The third kappa shape index (κ3) is 4.09. The first-order chi connectivity index (χ1) is 10.0. The van der Waals surface area contributed by atoms with Crippen molar-refractivity contribution in [3.05, 3.63) is 0 Å². The van der Waals surface area contributed by atoms with E-state index in [1.807, 2.05) is 9.80 Å². The zero-order chi connectivity index (χ0) is 15.4. The smallest absolute Gasteiger partial charge is 0.320 e. The maximum absolute atomic E-state index is 12.6. The molecule has 2 saturated heterocycles. The molecule has 0 radical (unpaired) electrons. The summed E-state index contributed by atoms with van der Waals surface area (Å²) in [4.78, 5) is 29.6. The van der Waals surface area contributed by atoms with E-state index < -0.39 is 5.97 Å². The van der Waals surface area contributed by atoms with Crippen LogP contribution in [0.1, 0.15) is 32.6 Å². The second kappa shape index (κ2) is 7.11. The van der Waals surface area contributed by atoms with Crippen molar-refractivity contribution in [3.8, 4) is 0 Å². The Kier molecular flexibility index (Phi) is 5.45. The number of piperazine rings is 1. The molecule has 2 atom stereocenters. The normalized spacial score (nSPS) is 27.7. The Balaban J connectivity index is 1.91. The molecular weight excluding hydrogens is 270 g/mol. The quantitative estimate of drug-likeness (QED) is 0.853. The number of nitrogens with zero attached hydrogens (tertiary/aromatic N) is 3. The number of carbonyl (C=O) groups excluding carboxylic acids is 1. The second-order valence-electron chi connectivity index (χ2n) is 6.32. The summed E-state index contributed by atoms with van der Waals surface area (Å²) in [5.41, 5.74) is 0. The maximum Gasteiger partial charge on any atom is 0.320 e. The van der Waals surface area contributed by atoms with Crippen molar-refractivity contribution >= 4 is 12.0 Å². The lowest BCUT2D eigenvalue weighted by Gasteiger charge is -2.42. The second-order valence-corrected chi connectivity index (χ2v) is 6.32. The zero-order valence-corrected chi connectivity index (χ0v) is 13.1. The number of urea groups is 1. The summed E-state index contributed by atoms with van der Waals surface area (Å²) in [5, 5.41) is 8.92.